The van der Waals surface area contributed by atoms with Gasteiger partial charge in [-0.05, 0) is 80.0 Å². The first-order valence-electron chi connectivity index (χ1n) is 22.7. The summed E-state index contributed by atoms with van der Waals surface area (Å²) in [4.78, 5) is 16.0. The predicted molar refractivity (Wildman–Crippen MR) is 270 cm³/mol. The number of para-hydroxylation sites is 2. The SMILES string of the molecule is CC1(C)c2ccc(-c3cccc(-n4c5ccccc5c5ccc6c7ccccc7n(-c7nc(-c8ccccc8)nc(-c8cccc(-c9ccccc9)c8)n7)c6c54)c3)cc2C(C)(C)C1(C)C. The lowest BCUT2D eigenvalue weighted by atomic mass is 9.59. The Labute approximate surface area is 379 Å². The van der Waals surface area contributed by atoms with E-state index in [1.807, 2.05) is 24.3 Å². The lowest BCUT2D eigenvalue weighted by Gasteiger charge is -2.44. The van der Waals surface area contributed by atoms with E-state index in [4.69, 9.17) is 15.0 Å². The van der Waals surface area contributed by atoms with Gasteiger partial charge >= 0.3 is 0 Å². The molecule has 0 bridgehead atoms. The zero-order chi connectivity index (χ0) is 44.2. The van der Waals surface area contributed by atoms with Gasteiger partial charge in [-0.3, -0.25) is 4.57 Å². The quantitative estimate of drug-likeness (QED) is 0.168. The fourth-order valence-electron chi connectivity index (χ4n) is 10.8. The van der Waals surface area contributed by atoms with Crippen LogP contribution in [-0.4, -0.2) is 24.1 Å². The van der Waals surface area contributed by atoms with E-state index < -0.39 is 0 Å². The van der Waals surface area contributed by atoms with Crippen LogP contribution in [0.2, 0.25) is 0 Å². The lowest BCUT2D eigenvalue weighted by molar-refractivity contribution is 0.125. The first kappa shape index (κ1) is 39.0. The molecule has 0 unspecified atom stereocenters. The highest BCUT2D eigenvalue weighted by Gasteiger charge is 2.56. The zero-order valence-corrected chi connectivity index (χ0v) is 37.6. The Balaban J connectivity index is 1.13. The van der Waals surface area contributed by atoms with Gasteiger partial charge in [0.15, 0.2) is 11.6 Å². The molecule has 12 rings (SSSR count). The predicted octanol–water partition coefficient (Wildman–Crippen LogP) is 15.3. The van der Waals surface area contributed by atoms with Gasteiger partial charge in [0.2, 0.25) is 5.95 Å². The number of aromatic nitrogens is 5. The van der Waals surface area contributed by atoms with Crippen LogP contribution in [0.25, 0.3) is 100 Å². The van der Waals surface area contributed by atoms with Crippen molar-refractivity contribution in [1.82, 2.24) is 24.1 Å². The summed E-state index contributed by atoms with van der Waals surface area (Å²) in [5, 5.41) is 4.62. The fraction of sp³-hybridized carbons (Fsp3) is 0.150. The molecule has 0 atom stereocenters. The van der Waals surface area contributed by atoms with Gasteiger partial charge in [-0.15, -0.1) is 0 Å². The molecule has 65 heavy (non-hydrogen) atoms. The minimum absolute atomic E-state index is 0.00523. The fourth-order valence-corrected chi connectivity index (χ4v) is 10.8. The number of fused-ring (bicyclic) bond motifs is 8. The van der Waals surface area contributed by atoms with E-state index in [0.717, 1.165) is 60.8 Å². The van der Waals surface area contributed by atoms with Crippen LogP contribution in [0.4, 0.5) is 0 Å². The summed E-state index contributed by atoms with van der Waals surface area (Å²) in [7, 11) is 0. The van der Waals surface area contributed by atoms with E-state index in [0.29, 0.717) is 17.6 Å². The molecule has 0 aliphatic heterocycles. The molecule has 0 saturated carbocycles. The number of hydrogen-bond donors (Lipinski definition) is 0. The van der Waals surface area contributed by atoms with Crippen LogP contribution in [0.3, 0.4) is 0 Å². The van der Waals surface area contributed by atoms with E-state index in [9.17, 15) is 0 Å². The molecule has 3 aromatic heterocycles. The van der Waals surface area contributed by atoms with Crippen molar-refractivity contribution in [2.24, 2.45) is 5.41 Å². The molecule has 314 valence electrons. The van der Waals surface area contributed by atoms with Gasteiger partial charge in [-0.2, -0.15) is 9.97 Å². The summed E-state index contributed by atoms with van der Waals surface area (Å²) in [6.07, 6.45) is 0. The second-order valence-corrected chi connectivity index (χ2v) is 19.3. The maximum Gasteiger partial charge on any atom is 0.238 e. The molecule has 11 aromatic rings. The first-order valence-corrected chi connectivity index (χ1v) is 22.7. The second kappa shape index (κ2) is 14.2. The summed E-state index contributed by atoms with van der Waals surface area (Å²) in [5.74, 6) is 1.79. The van der Waals surface area contributed by atoms with Crippen LogP contribution in [0, 0.1) is 5.41 Å². The summed E-state index contributed by atoms with van der Waals surface area (Å²) in [6, 6.07) is 67.5. The monoisotopic (exact) mass is 839 g/mol. The second-order valence-electron chi connectivity index (χ2n) is 19.3. The van der Waals surface area contributed by atoms with Crippen LogP contribution in [0.1, 0.15) is 52.7 Å². The molecule has 0 saturated heterocycles. The molecule has 0 N–H and O–H groups in total. The van der Waals surface area contributed by atoms with Gasteiger partial charge in [-0.25, -0.2) is 4.98 Å². The average molecular weight is 840 g/mol. The molecule has 5 heteroatoms. The molecule has 0 amide bonds. The molecular weight excluding hydrogens is 791 g/mol. The number of benzene rings is 8. The Morgan fingerprint density at radius 1 is 0.338 bits per heavy atom. The van der Waals surface area contributed by atoms with E-state index in [1.54, 1.807) is 0 Å². The topological polar surface area (TPSA) is 48.5 Å². The lowest BCUT2D eigenvalue weighted by Crippen LogP contribution is -2.42. The van der Waals surface area contributed by atoms with E-state index in [1.165, 1.54) is 33.0 Å². The number of rotatable bonds is 6. The standard InChI is InChI=1S/C60H49N5/c1-58(2)49-34-31-42(37-50(49)59(3,4)60(58,5)6)41-24-18-26-44(36-41)64-51-29-15-13-27-45(51)47-32-33-48-46-28-14-16-30-52(46)65(54(48)53(47)64)57-62-55(39-21-11-8-12-22-39)61-56(63-57)43-25-17-23-40(35-43)38-19-9-7-10-20-38/h7-37H,1-6H3. The van der Waals surface area contributed by atoms with Crippen molar-refractivity contribution >= 4 is 43.6 Å². The van der Waals surface area contributed by atoms with Crippen LogP contribution >= 0.6 is 0 Å². The summed E-state index contributed by atoms with van der Waals surface area (Å²) < 4.78 is 4.73. The van der Waals surface area contributed by atoms with Gasteiger partial charge in [0.05, 0.1) is 22.1 Å². The largest absolute Gasteiger partial charge is 0.307 e. The minimum Gasteiger partial charge on any atom is -0.307 e. The summed E-state index contributed by atoms with van der Waals surface area (Å²) >= 11 is 0. The highest BCUT2D eigenvalue weighted by Crippen LogP contribution is 2.62. The number of nitrogens with zero attached hydrogens (tertiary/aromatic N) is 5. The Morgan fingerprint density at radius 2 is 0.831 bits per heavy atom. The van der Waals surface area contributed by atoms with E-state index >= 15 is 0 Å². The Bertz CT molecular complexity index is 3680. The van der Waals surface area contributed by atoms with E-state index in [2.05, 4.69) is 214 Å². The third kappa shape index (κ3) is 5.74. The van der Waals surface area contributed by atoms with Crippen molar-refractivity contribution in [3.63, 3.8) is 0 Å². The van der Waals surface area contributed by atoms with Crippen molar-refractivity contribution in [2.75, 3.05) is 0 Å². The molecule has 0 fully saturated rings. The van der Waals surface area contributed by atoms with Gasteiger partial charge in [0.1, 0.15) is 0 Å². The third-order valence-corrected chi connectivity index (χ3v) is 15.5. The maximum atomic E-state index is 5.42. The third-order valence-electron chi connectivity index (χ3n) is 15.5. The van der Waals surface area contributed by atoms with E-state index in [-0.39, 0.29) is 16.2 Å². The minimum atomic E-state index is 0.00523. The van der Waals surface area contributed by atoms with Gasteiger partial charge in [0, 0.05) is 38.4 Å². The van der Waals surface area contributed by atoms with Crippen LogP contribution in [-0.2, 0) is 10.8 Å². The van der Waals surface area contributed by atoms with Crippen molar-refractivity contribution in [3.05, 3.63) is 199 Å². The molecule has 1 aliphatic carbocycles. The molecule has 1 aliphatic rings. The first-order chi connectivity index (χ1) is 31.5. The summed E-state index contributed by atoms with van der Waals surface area (Å²) in [5.41, 5.74) is 15.0. The highest BCUT2D eigenvalue weighted by atomic mass is 15.2. The molecule has 0 spiro atoms. The van der Waals surface area contributed by atoms with Gasteiger partial charge in [-0.1, -0.05) is 199 Å². The molecular formula is C60H49N5. The average Bonchev–Trinajstić information content (AvgIpc) is 3.90. The molecule has 5 nitrogen and oxygen atoms in total. The Morgan fingerprint density at radius 3 is 1.51 bits per heavy atom. The van der Waals surface area contributed by atoms with Crippen molar-refractivity contribution in [1.29, 1.82) is 0 Å². The Hall–Kier alpha value is -7.63. The summed E-state index contributed by atoms with van der Waals surface area (Å²) in [6.45, 7) is 14.5. The van der Waals surface area contributed by atoms with Gasteiger partial charge in [0.25, 0.3) is 0 Å². The van der Waals surface area contributed by atoms with Crippen LogP contribution < -0.4 is 0 Å². The van der Waals surface area contributed by atoms with Crippen molar-refractivity contribution < 1.29 is 0 Å². The maximum absolute atomic E-state index is 5.42. The van der Waals surface area contributed by atoms with Gasteiger partial charge < -0.3 is 4.57 Å². The molecule has 0 radical (unpaired) electrons. The zero-order valence-electron chi connectivity index (χ0n) is 37.6. The van der Waals surface area contributed by atoms with Crippen molar-refractivity contribution in [3.8, 4) is 56.7 Å². The Kier molecular flexibility index (Phi) is 8.51. The molecule has 3 heterocycles. The van der Waals surface area contributed by atoms with Crippen LogP contribution in [0.15, 0.2) is 188 Å². The van der Waals surface area contributed by atoms with Crippen molar-refractivity contribution in [2.45, 2.75) is 52.4 Å². The normalized spacial score (nSPS) is 15.0. The number of hydrogen-bond acceptors (Lipinski definition) is 3. The molecule has 8 aromatic carbocycles. The smallest absolute Gasteiger partial charge is 0.238 e. The highest BCUT2D eigenvalue weighted by molar-refractivity contribution is 6.23. The van der Waals surface area contributed by atoms with Crippen LogP contribution in [0.5, 0.6) is 0 Å².